The summed E-state index contributed by atoms with van der Waals surface area (Å²) < 4.78 is 5.20. The van der Waals surface area contributed by atoms with Gasteiger partial charge in [-0.25, -0.2) is 0 Å². The van der Waals surface area contributed by atoms with E-state index in [1.165, 1.54) is 12.8 Å². The molecule has 0 atom stereocenters. The van der Waals surface area contributed by atoms with Crippen LogP contribution in [0.3, 0.4) is 0 Å². The van der Waals surface area contributed by atoms with Gasteiger partial charge < -0.3 is 10.3 Å². The highest BCUT2D eigenvalue weighted by Gasteiger charge is 2.35. The summed E-state index contributed by atoms with van der Waals surface area (Å²) in [6.45, 7) is 2.55. The Labute approximate surface area is 77.5 Å². The van der Waals surface area contributed by atoms with Crippen LogP contribution < -0.4 is 5.73 Å². The Bertz CT molecular complexity index is 289. The topological polar surface area (TPSA) is 64.9 Å². The van der Waals surface area contributed by atoms with Crippen LogP contribution >= 0.6 is 0 Å². The monoisotopic (exact) mass is 181 g/mol. The van der Waals surface area contributed by atoms with E-state index in [-0.39, 0.29) is 5.41 Å². The quantitative estimate of drug-likeness (QED) is 0.748. The minimum absolute atomic E-state index is 0.112. The molecule has 72 valence electrons. The average molecular weight is 181 g/mol. The molecule has 4 heteroatoms. The molecule has 0 bridgehead atoms. The molecule has 1 fully saturated rings. The fraction of sp³-hybridized carbons (Fsp3) is 0.778. The number of nitrogens with two attached hydrogens (primary N) is 1. The summed E-state index contributed by atoms with van der Waals surface area (Å²) in [6, 6.07) is 0. The maximum absolute atomic E-state index is 5.42. The van der Waals surface area contributed by atoms with Crippen LogP contribution in [0.1, 0.15) is 44.3 Å². The summed E-state index contributed by atoms with van der Waals surface area (Å²) in [7, 11) is 0. The summed E-state index contributed by atoms with van der Waals surface area (Å²) in [5, 5.41) is 3.81. The van der Waals surface area contributed by atoms with Crippen molar-refractivity contribution in [1.29, 1.82) is 0 Å². The molecule has 13 heavy (non-hydrogen) atoms. The molecule has 1 aromatic heterocycles. The molecular formula is C9H15N3O. The highest BCUT2D eigenvalue weighted by atomic mass is 16.5. The molecule has 0 aliphatic heterocycles. The Hall–Kier alpha value is -0.900. The number of aromatic nitrogens is 2. The number of hydrogen-bond donors (Lipinski definition) is 1. The van der Waals surface area contributed by atoms with Gasteiger partial charge in [0.25, 0.3) is 0 Å². The van der Waals surface area contributed by atoms with E-state index in [0.29, 0.717) is 12.4 Å². The van der Waals surface area contributed by atoms with Crippen LogP contribution in [0.15, 0.2) is 4.52 Å². The zero-order valence-electron chi connectivity index (χ0n) is 7.92. The van der Waals surface area contributed by atoms with E-state index in [2.05, 4.69) is 17.1 Å². The third-order valence-electron chi connectivity index (χ3n) is 2.87. The zero-order chi connectivity index (χ0) is 9.31. The van der Waals surface area contributed by atoms with E-state index in [4.69, 9.17) is 10.3 Å². The predicted octanol–water partition coefficient (Wildman–Crippen LogP) is 1.36. The summed E-state index contributed by atoms with van der Waals surface area (Å²) in [6.07, 6.45) is 4.83. The van der Waals surface area contributed by atoms with E-state index in [0.717, 1.165) is 18.7 Å². The third-order valence-corrected chi connectivity index (χ3v) is 2.87. The SMILES string of the molecule is CC1(c2nc(CN)no2)CCCC1. The lowest BCUT2D eigenvalue weighted by Gasteiger charge is -2.16. The van der Waals surface area contributed by atoms with Crippen molar-refractivity contribution in [2.45, 2.75) is 44.6 Å². The Balaban J connectivity index is 2.23. The van der Waals surface area contributed by atoms with Gasteiger partial charge in [-0.05, 0) is 12.8 Å². The lowest BCUT2D eigenvalue weighted by molar-refractivity contribution is 0.294. The van der Waals surface area contributed by atoms with Gasteiger partial charge in [0.05, 0.1) is 6.54 Å². The Morgan fingerprint density at radius 2 is 2.15 bits per heavy atom. The molecule has 0 unspecified atom stereocenters. The molecule has 0 saturated heterocycles. The van der Waals surface area contributed by atoms with Gasteiger partial charge >= 0.3 is 0 Å². The van der Waals surface area contributed by atoms with Crippen molar-refractivity contribution in [3.8, 4) is 0 Å². The number of rotatable bonds is 2. The Morgan fingerprint density at radius 3 is 2.69 bits per heavy atom. The molecule has 1 aliphatic carbocycles. The van der Waals surface area contributed by atoms with E-state index >= 15 is 0 Å². The minimum Gasteiger partial charge on any atom is -0.339 e. The Kier molecular flexibility index (Phi) is 2.07. The van der Waals surface area contributed by atoms with E-state index < -0.39 is 0 Å². The largest absolute Gasteiger partial charge is 0.339 e. The minimum atomic E-state index is 0.112. The van der Waals surface area contributed by atoms with Crippen LogP contribution in [-0.4, -0.2) is 10.1 Å². The summed E-state index contributed by atoms with van der Waals surface area (Å²) in [5.41, 5.74) is 5.53. The van der Waals surface area contributed by atoms with Gasteiger partial charge in [-0.2, -0.15) is 4.98 Å². The van der Waals surface area contributed by atoms with Gasteiger partial charge in [-0.15, -0.1) is 0 Å². The van der Waals surface area contributed by atoms with Crippen LogP contribution in [0.4, 0.5) is 0 Å². The lowest BCUT2D eigenvalue weighted by Crippen LogP contribution is -2.17. The third kappa shape index (κ3) is 1.46. The average Bonchev–Trinajstić information content (AvgIpc) is 2.72. The first-order valence-corrected chi connectivity index (χ1v) is 4.78. The molecule has 1 saturated carbocycles. The molecule has 0 aromatic carbocycles. The zero-order valence-corrected chi connectivity index (χ0v) is 7.92. The maximum Gasteiger partial charge on any atom is 0.232 e. The van der Waals surface area contributed by atoms with Crippen molar-refractivity contribution in [2.24, 2.45) is 5.73 Å². The van der Waals surface area contributed by atoms with E-state index in [1.54, 1.807) is 0 Å². The van der Waals surface area contributed by atoms with Gasteiger partial charge in [0, 0.05) is 5.41 Å². The first-order valence-electron chi connectivity index (χ1n) is 4.78. The fourth-order valence-corrected chi connectivity index (χ4v) is 1.95. The van der Waals surface area contributed by atoms with Gasteiger partial charge in [-0.1, -0.05) is 24.9 Å². The van der Waals surface area contributed by atoms with Crippen LogP contribution in [0.25, 0.3) is 0 Å². The first kappa shape index (κ1) is 8.69. The molecule has 4 nitrogen and oxygen atoms in total. The molecule has 2 N–H and O–H groups in total. The molecule has 2 rings (SSSR count). The fourth-order valence-electron chi connectivity index (χ4n) is 1.95. The van der Waals surface area contributed by atoms with Gasteiger partial charge in [0.2, 0.25) is 5.89 Å². The molecule has 0 spiro atoms. The molecule has 1 aromatic rings. The summed E-state index contributed by atoms with van der Waals surface area (Å²) >= 11 is 0. The van der Waals surface area contributed by atoms with Crippen molar-refractivity contribution in [3.63, 3.8) is 0 Å². The van der Waals surface area contributed by atoms with Crippen molar-refractivity contribution < 1.29 is 4.52 Å². The molecule has 1 heterocycles. The molecule has 0 radical (unpaired) electrons. The van der Waals surface area contributed by atoms with Gasteiger partial charge in [0.1, 0.15) is 0 Å². The van der Waals surface area contributed by atoms with Crippen molar-refractivity contribution in [3.05, 3.63) is 11.7 Å². The Morgan fingerprint density at radius 1 is 1.46 bits per heavy atom. The second kappa shape index (κ2) is 3.10. The van der Waals surface area contributed by atoms with Crippen molar-refractivity contribution >= 4 is 0 Å². The first-order chi connectivity index (χ1) is 6.24. The van der Waals surface area contributed by atoms with Crippen molar-refractivity contribution in [2.75, 3.05) is 0 Å². The lowest BCUT2D eigenvalue weighted by atomic mass is 9.89. The molecular weight excluding hydrogens is 166 g/mol. The number of hydrogen-bond acceptors (Lipinski definition) is 4. The smallest absolute Gasteiger partial charge is 0.232 e. The second-order valence-electron chi connectivity index (χ2n) is 3.99. The van der Waals surface area contributed by atoms with Crippen LogP contribution in [0.2, 0.25) is 0 Å². The molecule has 0 amide bonds. The highest BCUT2D eigenvalue weighted by Crippen LogP contribution is 2.39. The van der Waals surface area contributed by atoms with Gasteiger partial charge in [0.15, 0.2) is 5.82 Å². The standard InChI is InChI=1S/C9H15N3O/c1-9(4-2-3-5-9)8-11-7(6-10)12-13-8/h2-6,10H2,1H3. The van der Waals surface area contributed by atoms with E-state index in [9.17, 15) is 0 Å². The summed E-state index contributed by atoms with van der Waals surface area (Å²) in [4.78, 5) is 4.28. The normalized spacial score (nSPS) is 20.8. The summed E-state index contributed by atoms with van der Waals surface area (Å²) in [5.74, 6) is 1.38. The molecule has 1 aliphatic rings. The van der Waals surface area contributed by atoms with E-state index in [1.807, 2.05) is 0 Å². The van der Waals surface area contributed by atoms with Crippen LogP contribution in [0.5, 0.6) is 0 Å². The maximum atomic E-state index is 5.42. The van der Waals surface area contributed by atoms with Gasteiger partial charge in [-0.3, -0.25) is 0 Å². The highest BCUT2D eigenvalue weighted by molar-refractivity contribution is 5.05. The van der Waals surface area contributed by atoms with Crippen LogP contribution in [0, 0.1) is 0 Å². The second-order valence-corrected chi connectivity index (χ2v) is 3.99. The predicted molar refractivity (Wildman–Crippen MR) is 48.0 cm³/mol. The number of nitrogens with zero attached hydrogens (tertiary/aromatic N) is 2. The van der Waals surface area contributed by atoms with Crippen LogP contribution in [-0.2, 0) is 12.0 Å². The van der Waals surface area contributed by atoms with Crippen molar-refractivity contribution in [1.82, 2.24) is 10.1 Å².